The van der Waals surface area contributed by atoms with Gasteiger partial charge < -0.3 is 0 Å². The fraction of sp³-hybridized carbons (Fsp3) is 0.438. The zero-order valence-electron chi connectivity index (χ0n) is 11.4. The summed E-state index contributed by atoms with van der Waals surface area (Å²) in [4.78, 5) is 35.0. The molecule has 0 aromatic heterocycles. The zero-order valence-corrected chi connectivity index (χ0v) is 11.4. The van der Waals surface area contributed by atoms with Gasteiger partial charge in [-0.1, -0.05) is 62.9 Å². The summed E-state index contributed by atoms with van der Waals surface area (Å²) in [6.07, 6.45) is 5.16. The summed E-state index contributed by atoms with van der Waals surface area (Å²) >= 11 is 0. The van der Waals surface area contributed by atoms with Crippen molar-refractivity contribution in [3.63, 3.8) is 0 Å². The molecule has 0 aliphatic rings. The maximum absolute atomic E-state index is 11.8. The first kappa shape index (κ1) is 15.3. The molecule has 0 radical (unpaired) electrons. The van der Waals surface area contributed by atoms with Crippen molar-refractivity contribution in [2.75, 3.05) is 0 Å². The predicted molar refractivity (Wildman–Crippen MR) is 74.2 cm³/mol. The molecule has 0 aliphatic heterocycles. The Bertz CT molecular complexity index is 435. The number of ketones is 3. The molecule has 0 saturated carbocycles. The fourth-order valence-corrected chi connectivity index (χ4v) is 1.85. The van der Waals surface area contributed by atoms with Crippen LogP contribution in [0.15, 0.2) is 30.3 Å². The Hall–Kier alpha value is -1.77. The average molecular weight is 260 g/mol. The van der Waals surface area contributed by atoms with Crippen molar-refractivity contribution in [1.29, 1.82) is 0 Å². The maximum Gasteiger partial charge on any atom is 0.268 e. The molecule has 0 spiro atoms. The van der Waals surface area contributed by atoms with E-state index in [1.807, 2.05) is 0 Å². The minimum absolute atomic E-state index is 0.182. The van der Waals surface area contributed by atoms with E-state index < -0.39 is 17.3 Å². The number of hydrogen-bond donors (Lipinski definition) is 0. The summed E-state index contributed by atoms with van der Waals surface area (Å²) in [7, 11) is 0. The largest absolute Gasteiger partial charge is 0.290 e. The highest BCUT2D eigenvalue weighted by Crippen LogP contribution is 2.07. The van der Waals surface area contributed by atoms with Crippen LogP contribution in [0.25, 0.3) is 0 Å². The van der Waals surface area contributed by atoms with E-state index in [4.69, 9.17) is 0 Å². The standard InChI is InChI=1S/C16H20O3/c1-2-3-4-5-9-12-14(17)16(19)15(18)13-10-7-6-8-11-13/h6-8,10-11H,2-5,9,12H2,1H3. The van der Waals surface area contributed by atoms with Gasteiger partial charge in [-0.25, -0.2) is 0 Å². The van der Waals surface area contributed by atoms with Gasteiger partial charge in [-0.15, -0.1) is 0 Å². The molecule has 3 nitrogen and oxygen atoms in total. The number of benzene rings is 1. The molecular weight excluding hydrogens is 240 g/mol. The first-order chi connectivity index (χ1) is 9.16. The van der Waals surface area contributed by atoms with E-state index in [1.165, 1.54) is 0 Å². The number of unbranched alkanes of at least 4 members (excludes halogenated alkanes) is 4. The van der Waals surface area contributed by atoms with Gasteiger partial charge in [0, 0.05) is 12.0 Å². The molecular formula is C16H20O3. The lowest BCUT2D eigenvalue weighted by Crippen LogP contribution is -2.23. The molecule has 1 aromatic rings. The van der Waals surface area contributed by atoms with E-state index in [0.717, 1.165) is 25.7 Å². The molecule has 0 amide bonds. The fourth-order valence-electron chi connectivity index (χ4n) is 1.85. The van der Waals surface area contributed by atoms with Crippen molar-refractivity contribution in [2.45, 2.75) is 45.4 Å². The lowest BCUT2D eigenvalue weighted by molar-refractivity contribution is -0.134. The highest BCUT2D eigenvalue weighted by atomic mass is 16.2. The average Bonchev–Trinajstić information content (AvgIpc) is 2.46. The van der Waals surface area contributed by atoms with Crippen LogP contribution in [-0.4, -0.2) is 17.3 Å². The summed E-state index contributed by atoms with van der Waals surface area (Å²) in [5, 5.41) is 0. The third-order valence-electron chi connectivity index (χ3n) is 3.00. The predicted octanol–water partition coefficient (Wildman–Crippen LogP) is 3.37. The Kier molecular flexibility index (Phi) is 6.72. The Morgan fingerprint density at radius 2 is 1.53 bits per heavy atom. The van der Waals surface area contributed by atoms with Gasteiger partial charge in [0.2, 0.25) is 11.6 Å². The normalized spacial score (nSPS) is 10.2. The van der Waals surface area contributed by atoms with E-state index in [0.29, 0.717) is 6.42 Å². The molecule has 3 heteroatoms. The molecule has 102 valence electrons. The van der Waals surface area contributed by atoms with Crippen molar-refractivity contribution in [1.82, 2.24) is 0 Å². The molecule has 19 heavy (non-hydrogen) atoms. The van der Waals surface area contributed by atoms with Gasteiger partial charge in [0.05, 0.1) is 0 Å². The molecule has 1 aromatic carbocycles. The molecule has 0 bridgehead atoms. The monoisotopic (exact) mass is 260 g/mol. The van der Waals surface area contributed by atoms with Crippen LogP contribution in [0.5, 0.6) is 0 Å². The van der Waals surface area contributed by atoms with Crippen LogP contribution in [0, 0.1) is 0 Å². The third kappa shape index (κ3) is 5.16. The van der Waals surface area contributed by atoms with E-state index in [2.05, 4.69) is 6.92 Å². The smallest absolute Gasteiger partial charge is 0.268 e. The molecule has 0 unspecified atom stereocenters. The number of carbonyl (C=O) groups excluding carboxylic acids is 3. The van der Waals surface area contributed by atoms with Crippen LogP contribution in [-0.2, 0) is 9.59 Å². The van der Waals surface area contributed by atoms with Crippen LogP contribution < -0.4 is 0 Å². The topological polar surface area (TPSA) is 51.2 Å². The third-order valence-corrected chi connectivity index (χ3v) is 3.00. The minimum Gasteiger partial charge on any atom is -0.290 e. The molecule has 1 rings (SSSR count). The van der Waals surface area contributed by atoms with Crippen molar-refractivity contribution >= 4 is 17.3 Å². The van der Waals surface area contributed by atoms with E-state index in [1.54, 1.807) is 30.3 Å². The van der Waals surface area contributed by atoms with E-state index in [-0.39, 0.29) is 12.0 Å². The van der Waals surface area contributed by atoms with Gasteiger partial charge in [0.15, 0.2) is 0 Å². The lowest BCUT2D eigenvalue weighted by Gasteiger charge is -2.00. The number of Topliss-reactive ketones (excluding diaryl/α,β-unsaturated/α-hetero) is 3. The Morgan fingerprint density at radius 3 is 2.16 bits per heavy atom. The lowest BCUT2D eigenvalue weighted by atomic mass is 10.0. The first-order valence-corrected chi connectivity index (χ1v) is 6.83. The molecule has 0 heterocycles. The quantitative estimate of drug-likeness (QED) is 0.296. The summed E-state index contributed by atoms with van der Waals surface area (Å²) in [5.74, 6) is -2.15. The highest BCUT2D eigenvalue weighted by Gasteiger charge is 2.22. The van der Waals surface area contributed by atoms with Crippen molar-refractivity contribution in [2.24, 2.45) is 0 Å². The highest BCUT2D eigenvalue weighted by molar-refractivity contribution is 6.67. The molecule has 0 saturated heterocycles. The maximum atomic E-state index is 11.8. The van der Waals surface area contributed by atoms with E-state index >= 15 is 0 Å². The SMILES string of the molecule is CCCCCCCC(=O)C(=O)C(=O)c1ccccc1. The van der Waals surface area contributed by atoms with Crippen molar-refractivity contribution < 1.29 is 14.4 Å². The summed E-state index contributed by atoms with van der Waals surface area (Å²) in [5.41, 5.74) is 0.284. The zero-order chi connectivity index (χ0) is 14.1. The van der Waals surface area contributed by atoms with Gasteiger partial charge in [-0.05, 0) is 6.42 Å². The number of rotatable bonds is 9. The Labute approximate surface area is 114 Å². The van der Waals surface area contributed by atoms with Crippen LogP contribution in [0.2, 0.25) is 0 Å². The van der Waals surface area contributed by atoms with Crippen LogP contribution >= 0.6 is 0 Å². The second-order valence-electron chi connectivity index (χ2n) is 4.61. The molecule has 0 atom stereocenters. The van der Waals surface area contributed by atoms with Gasteiger partial charge in [0.25, 0.3) is 5.78 Å². The Morgan fingerprint density at radius 1 is 0.895 bits per heavy atom. The first-order valence-electron chi connectivity index (χ1n) is 6.83. The number of hydrogen-bond acceptors (Lipinski definition) is 3. The van der Waals surface area contributed by atoms with Crippen molar-refractivity contribution in [3.8, 4) is 0 Å². The second kappa shape index (κ2) is 8.35. The van der Waals surface area contributed by atoms with Crippen LogP contribution in [0.4, 0.5) is 0 Å². The summed E-state index contributed by atoms with van der Waals surface area (Å²) < 4.78 is 0. The number of carbonyl (C=O) groups is 3. The molecule has 0 aliphatic carbocycles. The van der Waals surface area contributed by atoms with Gasteiger partial charge >= 0.3 is 0 Å². The van der Waals surface area contributed by atoms with Gasteiger partial charge in [0.1, 0.15) is 0 Å². The molecule has 0 fully saturated rings. The Balaban J connectivity index is 2.40. The van der Waals surface area contributed by atoms with Crippen LogP contribution in [0.1, 0.15) is 55.8 Å². The van der Waals surface area contributed by atoms with Crippen LogP contribution in [0.3, 0.4) is 0 Å². The molecule has 0 N–H and O–H groups in total. The van der Waals surface area contributed by atoms with Gasteiger partial charge in [-0.2, -0.15) is 0 Å². The minimum atomic E-state index is -0.887. The van der Waals surface area contributed by atoms with E-state index in [9.17, 15) is 14.4 Å². The van der Waals surface area contributed by atoms with Crippen molar-refractivity contribution in [3.05, 3.63) is 35.9 Å². The summed E-state index contributed by atoms with van der Waals surface area (Å²) in [6.45, 7) is 2.12. The van der Waals surface area contributed by atoms with Gasteiger partial charge in [-0.3, -0.25) is 14.4 Å². The summed E-state index contributed by atoms with van der Waals surface area (Å²) in [6, 6.07) is 8.21. The second-order valence-corrected chi connectivity index (χ2v) is 4.61.